The fourth-order valence-electron chi connectivity index (χ4n) is 2.01. The van der Waals surface area contributed by atoms with Crippen LogP contribution >= 0.6 is 11.3 Å². The highest BCUT2D eigenvalue weighted by atomic mass is 32.1. The average Bonchev–Trinajstić information content (AvgIpc) is 2.98. The number of benzene rings is 1. The van der Waals surface area contributed by atoms with Crippen molar-refractivity contribution in [1.29, 1.82) is 0 Å². The first-order valence-corrected chi connectivity index (χ1v) is 7.15. The van der Waals surface area contributed by atoms with Gasteiger partial charge in [-0.05, 0) is 23.9 Å². The summed E-state index contributed by atoms with van der Waals surface area (Å²) in [7, 11) is 0. The molecule has 2 amide bonds. The zero-order valence-electron chi connectivity index (χ0n) is 11.2. The molecule has 0 aliphatic heterocycles. The highest BCUT2D eigenvalue weighted by Crippen LogP contribution is 2.23. The SMILES string of the molecule is CC(c1ccccc1)N(CC(N)=O)C(=O)c1cccs1. The molecule has 0 aliphatic carbocycles. The number of carbonyl (C=O) groups excluding carboxylic acids is 2. The molecular weight excluding hydrogens is 272 g/mol. The van der Waals surface area contributed by atoms with Crippen LogP contribution in [0.1, 0.15) is 28.2 Å². The molecule has 0 saturated carbocycles. The quantitative estimate of drug-likeness (QED) is 0.918. The zero-order valence-corrected chi connectivity index (χ0v) is 12.0. The molecule has 1 unspecified atom stereocenters. The Morgan fingerprint density at radius 1 is 1.20 bits per heavy atom. The molecule has 20 heavy (non-hydrogen) atoms. The van der Waals surface area contributed by atoms with Crippen LogP contribution < -0.4 is 5.73 Å². The maximum atomic E-state index is 12.5. The lowest BCUT2D eigenvalue weighted by atomic mass is 10.1. The van der Waals surface area contributed by atoms with Crippen LogP contribution in [-0.2, 0) is 4.79 Å². The van der Waals surface area contributed by atoms with Gasteiger partial charge in [-0.3, -0.25) is 9.59 Å². The van der Waals surface area contributed by atoms with Gasteiger partial charge in [0.25, 0.3) is 5.91 Å². The third-order valence-corrected chi connectivity index (χ3v) is 3.93. The molecule has 0 saturated heterocycles. The van der Waals surface area contributed by atoms with E-state index in [2.05, 4.69) is 0 Å². The van der Waals surface area contributed by atoms with Gasteiger partial charge in [0.15, 0.2) is 0 Å². The first-order valence-electron chi connectivity index (χ1n) is 6.27. The summed E-state index contributed by atoms with van der Waals surface area (Å²) in [4.78, 5) is 25.8. The van der Waals surface area contributed by atoms with Gasteiger partial charge in [0, 0.05) is 0 Å². The summed E-state index contributed by atoms with van der Waals surface area (Å²) in [5.41, 5.74) is 6.24. The van der Waals surface area contributed by atoms with Gasteiger partial charge in [-0.2, -0.15) is 0 Å². The lowest BCUT2D eigenvalue weighted by molar-refractivity contribution is -0.119. The Hall–Kier alpha value is -2.14. The van der Waals surface area contributed by atoms with Gasteiger partial charge in [-0.15, -0.1) is 11.3 Å². The number of hydrogen-bond donors (Lipinski definition) is 1. The number of hydrogen-bond acceptors (Lipinski definition) is 3. The predicted molar refractivity (Wildman–Crippen MR) is 79.4 cm³/mol. The maximum Gasteiger partial charge on any atom is 0.264 e. The van der Waals surface area contributed by atoms with Gasteiger partial charge in [-0.25, -0.2) is 0 Å². The van der Waals surface area contributed by atoms with E-state index in [0.717, 1.165) is 5.56 Å². The molecular formula is C15H16N2O2S. The Labute approximate surface area is 121 Å². The lowest BCUT2D eigenvalue weighted by Gasteiger charge is -2.28. The minimum absolute atomic E-state index is 0.0905. The molecule has 0 bridgehead atoms. The van der Waals surface area contributed by atoms with Crippen molar-refractivity contribution in [2.75, 3.05) is 6.54 Å². The first kappa shape index (κ1) is 14.3. The van der Waals surface area contributed by atoms with Crippen LogP contribution in [0, 0.1) is 0 Å². The topological polar surface area (TPSA) is 63.4 Å². The minimum Gasteiger partial charge on any atom is -0.368 e. The van der Waals surface area contributed by atoms with Crippen molar-refractivity contribution in [2.45, 2.75) is 13.0 Å². The van der Waals surface area contributed by atoms with Crippen molar-refractivity contribution in [3.63, 3.8) is 0 Å². The third-order valence-electron chi connectivity index (χ3n) is 3.07. The lowest BCUT2D eigenvalue weighted by Crippen LogP contribution is -2.39. The van der Waals surface area contributed by atoms with Crippen molar-refractivity contribution in [3.8, 4) is 0 Å². The molecule has 1 heterocycles. The summed E-state index contributed by atoms with van der Waals surface area (Å²) in [6.45, 7) is 1.80. The van der Waals surface area contributed by atoms with Crippen LogP contribution in [-0.4, -0.2) is 23.3 Å². The molecule has 0 radical (unpaired) electrons. The number of nitrogens with two attached hydrogens (primary N) is 1. The van der Waals surface area contributed by atoms with Crippen molar-refractivity contribution < 1.29 is 9.59 Å². The number of amides is 2. The van der Waals surface area contributed by atoms with Crippen LogP contribution in [0.4, 0.5) is 0 Å². The van der Waals surface area contributed by atoms with Crippen LogP contribution in [0.5, 0.6) is 0 Å². The van der Waals surface area contributed by atoms with Crippen molar-refractivity contribution in [1.82, 2.24) is 4.90 Å². The number of primary amides is 1. The van der Waals surface area contributed by atoms with E-state index >= 15 is 0 Å². The molecule has 2 N–H and O–H groups in total. The summed E-state index contributed by atoms with van der Waals surface area (Å²) in [6, 6.07) is 12.9. The van der Waals surface area contributed by atoms with Crippen molar-refractivity contribution in [3.05, 3.63) is 58.3 Å². The monoisotopic (exact) mass is 288 g/mol. The second-order valence-electron chi connectivity index (χ2n) is 4.46. The second kappa shape index (κ2) is 6.34. The summed E-state index contributed by atoms with van der Waals surface area (Å²) < 4.78 is 0. The molecule has 0 aliphatic rings. The minimum atomic E-state index is -0.516. The summed E-state index contributed by atoms with van der Waals surface area (Å²) in [6.07, 6.45) is 0. The number of rotatable bonds is 5. The normalized spacial score (nSPS) is 11.8. The Kier molecular flexibility index (Phi) is 4.53. The average molecular weight is 288 g/mol. The molecule has 1 aromatic heterocycles. The molecule has 2 rings (SSSR count). The van der Waals surface area contributed by atoms with Crippen LogP contribution in [0.15, 0.2) is 47.8 Å². The van der Waals surface area contributed by atoms with Crippen LogP contribution in [0.25, 0.3) is 0 Å². The van der Waals surface area contributed by atoms with E-state index < -0.39 is 5.91 Å². The standard InChI is InChI=1S/C15H16N2O2S/c1-11(12-6-3-2-4-7-12)17(10-14(16)18)15(19)13-8-5-9-20-13/h2-9,11H,10H2,1H3,(H2,16,18). The van der Waals surface area contributed by atoms with E-state index in [0.29, 0.717) is 4.88 Å². The smallest absolute Gasteiger partial charge is 0.264 e. The van der Waals surface area contributed by atoms with Crippen molar-refractivity contribution >= 4 is 23.2 Å². The van der Waals surface area contributed by atoms with E-state index in [-0.39, 0.29) is 18.5 Å². The molecule has 104 valence electrons. The van der Waals surface area contributed by atoms with E-state index in [9.17, 15) is 9.59 Å². The van der Waals surface area contributed by atoms with Crippen molar-refractivity contribution in [2.24, 2.45) is 5.73 Å². The molecule has 5 heteroatoms. The zero-order chi connectivity index (χ0) is 14.5. The maximum absolute atomic E-state index is 12.5. The fraction of sp³-hybridized carbons (Fsp3) is 0.200. The van der Waals surface area contributed by atoms with E-state index in [1.54, 1.807) is 6.07 Å². The number of thiophene rings is 1. The predicted octanol–water partition coefficient (Wildman–Crippen LogP) is 2.44. The Morgan fingerprint density at radius 3 is 2.45 bits per heavy atom. The summed E-state index contributed by atoms with van der Waals surface area (Å²) >= 11 is 1.36. The Bertz CT molecular complexity index is 581. The van der Waals surface area contributed by atoms with Gasteiger partial charge in [0.05, 0.1) is 10.9 Å². The summed E-state index contributed by atoms with van der Waals surface area (Å²) in [5.74, 6) is -0.687. The van der Waals surface area contributed by atoms with E-state index in [1.165, 1.54) is 16.2 Å². The van der Waals surface area contributed by atoms with Gasteiger partial charge in [0.2, 0.25) is 5.91 Å². The van der Waals surface area contributed by atoms with E-state index in [1.807, 2.05) is 48.7 Å². The van der Waals surface area contributed by atoms with Crippen LogP contribution in [0.2, 0.25) is 0 Å². The molecule has 1 aromatic carbocycles. The molecule has 1 atom stereocenters. The van der Waals surface area contributed by atoms with Gasteiger partial charge in [-0.1, -0.05) is 36.4 Å². The van der Waals surface area contributed by atoms with E-state index in [4.69, 9.17) is 5.73 Å². The first-order chi connectivity index (χ1) is 9.59. The Morgan fingerprint density at radius 2 is 1.90 bits per heavy atom. The highest BCUT2D eigenvalue weighted by molar-refractivity contribution is 7.12. The summed E-state index contributed by atoms with van der Waals surface area (Å²) in [5, 5.41) is 1.84. The van der Waals surface area contributed by atoms with Crippen LogP contribution in [0.3, 0.4) is 0 Å². The van der Waals surface area contributed by atoms with Gasteiger partial charge in [0.1, 0.15) is 6.54 Å². The Balaban J connectivity index is 2.28. The van der Waals surface area contributed by atoms with Gasteiger partial charge >= 0.3 is 0 Å². The molecule has 0 fully saturated rings. The molecule has 4 nitrogen and oxygen atoms in total. The molecule has 2 aromatic rings. The molecule has 0 spiro atoms. The fourth-order valence-corrected chi connectivity index (χ4v) is 2.68. The third kappa shape index (κ3) is 3.24. The second-order valence-corrected chi connectivity index (χ2v) is 5.41. The van der Waals surface area contributed by atoms with Gasteiger partial charge < -0.3 is 10.6 Å². The largest absolute Gasteiger partial charge is 0.368 e. The number of nitrogens with zero attached hydrogens (tertiary/aromatic N) is 1. The highest BCUT2D eigenvalue weighted by Gasteiger charge is 2.24. The number of carbonyl (C=O) groups is 2.